The van der Waals surface area contributed by atoms with E-state index in [1.807, 2.05) is 55.5 Å². The van der Waals surface area contributed by atoms with Gasteiger partial charge in [-0.15, -0.1) is 0 Å². The molecular formula is C20H24O4. The molecule has 4 heteroatoms. The minimum Gasteiger partial charge on any atom is -0.466 e. The quantitative estimate of drug-likeness (QED) is 0.752. The molecule has 0 radical (unpaired) electrons. The molecule has 0 unspecified atom stereocenters. The van der Waals surface area contributed by atoms with Crippen molar-refractivity contribution < 1.29 is 19.4 Å². The largest absolute Gasteiger partial charge is 0.466 e. The van der Waals surface area contributed by atoms with E-state index in [9.17, 15) is 9.90 Å². The second-order valence-corrected chi connectivity index (χ2v) is 5.52. The van der Waals surface area contributed by atoms with Crippen LogP contribution in [0, 0.1) is 0 Å². The van der Waals surface area contributed by atoms with Crippen LogP contribution in [-0.2, 0) is 19.9 Å². The van der Waals surface area contributed by atoms with E-state index < -0.39 is 17.7 Å². The van der Waals surface area contributed by atoms with Gasteiger partial charge in [0.15, 0.2) is 0 Å². The third-order valence-electron chi connectivity index (χ3n) is 3.86. The van der Waals surface area contributed by atoms with Gasteiger partial charge in [0.1, 0.15) is 11.7 Å². The second-order valence-electron chi connectivity index (χ2n) is 5.52. The van der Waals surface area contributed by atoms with Crippen molar-refractivity contribution in [3.8, 4) is 0 Å². The maximum absolute atomic E-state index is 12.1. The predicted octanol–water partition coefficient (Wildman–Crippen LogP) is 3.61. The standard InChI is InChI=1S/C20H24O4/c1-3-23-18(21)15-20(22,17-13-9-6-10-14-17)19(24-4-2)16-11-7-5-8-12-16/h5-14,19,22H,3-4,15H2,1-2H3/t19-,20+/m0/s1. The average molecular weight is 328 g/mol. The number of rotatable bonds is 8. The summed E-state index contributed by atoms with van der Waals surface area (Å²) in [6.07, 6.45) is -0.847. The van der Waals surface area contributed by atoms with Crippen LogP contribution in [0.3, 0.4) is 0 Å². The number of aliphatic hydroxyl groups is 1. The first-order valence-corrected chi connectivity index (χ1v) is 8.21. The van der Waals surface area contributed by atoms with E-state index in [1.165, 1.54) is 0 Å². The Bertz CT molecular complexity index is 627. The maximum atomic E-state index is 12.1. The van der Waals surface area contributed by atoms with Crippen LogP contribution in [0.15, 0.2) is 60.7 Å². The highest BCUT2D eigenvalue weighted by Gasteiger charge is 2.42. The Morgan fingerprint density at radius 2 is 1.58 bits per heavy atom. The van der Waals surface area contributed by atoms with E-state index >= 15 is 0 Å². The van der Waals surface area contributed by atoms with Crippen molar-refractivity contribution >= 4 is 5.97 Å². The van der Waals surface area contributed by atoms with Gasteiger partial charge in [0.05, 0.1) is 13.0 Å². The number of hydrogen-bond acceptors (Lipinski definition) is 4. The molecule has 0 aliphatic heterocycles. The zero-order valence-electron chi connectivity index (χ0n) is 14.1. The minimum atomic E-state index is -1.51. The van der Waals surface area contributed by atoms with Gasteiger partial charge in [-0.25, -0.2) is 0 Å². The van der Waals surface area contributed by atoms with Gasteiger partial charge in [-0.2, -0.15) is 0 Å². The molecule has 0 saturated heterocycles. The highest BCUT2D eigenvalue weighted by atomic mass is 16.5. The highest BCUT2D eigenvalue weighted by Crippen LogP contribution is 2.41. The molecule has 0 amide bonds. The van der Waals surface area contributed by atoms with Crippen LogP contribution in [0.5, 0.6) is 0 Å². The smallest absolute Gasteiger partial charge is 0.309 e. The lowest BCUT2D eigenvalue weighted by molar-refractivity contribution is -0.162. The number of ether oxygens (including phenoxy) is 2. The van der Waals surface area contributed by atoms with Gasteiger partial charge in [-0.05, 0) is 25.0 Å². The summed E-state index contributed by atoms with van der Waals surface area (Å²) >= 11 is 0. The zero-order valence-corrected chi connectivity index (χ0v) is 14.1. The van der Waals surface area contributed by atoms with Crippen LogP contribution in [0.2, 0.25) is 0 Å². The molecule has 0 aromatic heterocycles. The molecule has 0 saturated carbocycles. The molecule has 1 N–H and O–H groups in total. The van der Waals surface area contributed by atoms with Crippen LogP contribution >= 0.6 is 0 Å². The summed E-state index contributed by atoms with van der Waals surface area (Å²) in [7, 11) is 0. The molecule has 24 heavy (non-hydrogen) atoms. The topological polar surface area (TPSA) is 55.8 Å². The summed E-state index contributed by atoms with van der Waals surface area (Å²) in [6.45, 7) is 4.30. The van der Waals surface area contributed by atoms with Crippen LogP contribution in [0.25, 0.3) is 0 Å². The number of esters is 1. The second kappa shape index (κ2) is 8.62. The van der Waals surface area contributed by atoms with Gasteiger partial charge in [0.2, 0.25) is 0 Å². The number of carbonyl (C=O) groups excluding carboxylic acids is 1. The minimum absolute atomic E-state index is 0.176. The lowest BCUT2D eigenvalue weighted by Gasteiger charge is -2.36. The normalized spacial score (nSPS) is 14.6. The summed E-state index contributed by atoms with van der Waals surface area (Å²) in [5.41, 5.74) is -0.0689. The molecule has 2 rings (SSSR count). The summed E-state index contributed by atoms with van der Waals surface area (Å²) in [4.78, 5) is 12.1. The van der Waals surface area contributed by atoms with Crippen LogP contribution < -0.4 is 0 Å². The number of carbonyl (C=O) groups is 1. The molecule has 0 aliphatic rings. The van der Waals surface area contributed by atoms with Gasteiger partial charge in [-0.3, -0.25) is 4.79 Å². The van der Waals surface area contributed by atoms with E-state index in [1.54, 1.807) is 19.1 Å². The van der Waals surface area contributed by atoms with Crippen molar-refractivity contribution in [3.63, 3.8) is 0 Å². The van der Waals surface area contributed by atoms with E-state index in [2.05, 4.69) is 0 Å². The first-order valence-electron chi connectivity index (χ1n) is 8.21. The van der Waals surface area contributed by atoms with E-state index in [4.69, 9.17) is 9.47 Å². The molecule has 0 spiro atoms. The predicted molar refractivity (Wildman–Crippen MR) is 92.4 cm³/mol. The average Bonchev–Trinajstić information content (AvgIpc) is 2.61. The molecule has 4 nitrogen and oxygen atoms in total. The SMILES string of the molecule is CCOC(=O)C[C@@](O)(c1ccccc1)[C@@H](OCC)c1ccccc1. The monoisotopic (exact) mass is 328 g/mol. The van der Waals surface area contributed by atoms with Crippen LogP contribution in [0.1, 0.15) is 37.5 Å². The molecule has 0 fully saturated rings. The van der Waals surface area contributed by atoms with E-state index in [-0.39, 0.29) is 13.0 Å². The summed E-state index contributed by atoms with van der Waals surface area (Å²) in [5.74, 6) is -0.454. The Hall–Kier alpha value is -2.17. The Kier molecular flexibility index (Phi) is 6.53. The summed E-state index contributed by atoms with van der Waals surface area (Å²) < 4.78 is 10.9. The molecule has 128 valence electrons. The fourth-order valence-electron chi connectivity index (χ4n) is 2.81. The summed E-state index contributed by atoms with van der Waals surface area (Å²) in [5, 5.41) is 11.5. The van der Waals surface area contributed by atoms with Crippen molar-refractivity contribution in [1.29, 1.82) is 0 Å². The summed E-state index contributed by atoms with van der Waals surface area (Å²) in [6, 6.07) is 18.6. The van der Waals surface area contributed by atoms with Gasteiger partial charge < -0.3 is 14.6 Å². The third-order valence-corrected chi connectivity index (χ3v) is 3.86. The Morgan fingerprint density at radius 1 is 1.00 bits per heavy atom. The van der Waals surface area contributed by atoms with Gasteiger partial charge in [-0.1, -0.05) is 60.7 Å². The molecular weight excluding hydrogens is 304 g/mol. The van der Waals surface area contributed by atoms with Crippen molar-refractivity contribution in [1.82, 2.24) is 0 Å². The molecule has 0 heterocycles. The maximum Gasteiger partial charge on any atom is 0.309 e. The Morgan fingerprint density at radius 3 is 2.12 bits per heavy atom. The van der Waals surface area contributed by atoms with Crippen molar-refractivity contribution in [2.75, 3.05) is 13.2 Å². The van der Waals surface area contributed by atoms with Gasteiger partial charge in [0, 0.05) is 6.61 Å². The molecule has 2 atom stereocenters. The fourth-order valence-corrected chi connectivity index (χ4v) is 2.81. The molecule has 0 aliphatic carbocycles. The zero-order chi connectivity index (χ0) is 17.4. The highest BCUT2D eigenvalue weighted by molar-refractivity contribution is 5.71. The number of hydrogen-bond donors (Lipinski definition) is 1. The lowest BCUT2D eigenvalue weighted by Crippen LogP contribution is -2.38. The van der Waals surface area contributed by atoms with Crippen LogP contribution in [-0.4, -0.2) is 24.3 Å². The Balaban J connectivity index is 2.47. The molecule has 0 bridgehead atoms. The number of benzene rings is 2. The van der Waals surface area contributed by atoms with Gasteiger partial charge >= 0.3 is 5.97 Å². The van der Waals surface area contributed by atoms with Crippen molar-refractivity contribution in [3.05, 3.63) is 71.8 Å². The van der Waals surface area contributed by atoms with Crippen molar-refractivity contribution in [2.24, 2.45) is 0 Å². The van der Waals surface area contributed by atoms with E-state index in [0.717, 1.165) is 5.56 Å². The lowest BCUT2D eigenvalue weighted by atomic mass is 9.81. The van der Waals surface area contributed by atoms with Gasteiger partial charge in [0.25, 0.3) is 0 Å². The molecule has 2 aromatic carbocycles. The third kappa shape index (κ3) is 4.22. The van der Waals surface area contributed by atoms with E-state index in [0.29, 0.717) is 12.2 Å². The van der Waals surface area contributed by atoms with Crippen LogP contribution in [0.4, 0.5) is 0 Å². The molecule has 2 aromatic rings. The fraction of sp³-hybridized carbons (Fsp3) is 0.350. The Labute approximate surface area is 143 Å². The first-order chi connectivity index (χ1) is 11.6. The first kappa shape index (κ1) is 18.2. The van der Waals surface area contributed by atoms with Crippen molar-refractivity contribution in [2.45, 2.75) is 32.0 Å².